The molecule has 2 fully saturated rings. The van der Waals surface area contributed by atoms with Crippen molar-refractivity contribution in [1.82, 2.24) is 15.8 Å². The van der Waals surface area contributed by atoms with Crippen molar-refractivity contribution in [2.24, 2.45) is 0 Å². The molecule has 0 aromatic rings. The molecule has 2 heterocycles. The average molecular weight is 140 g/mol. The molecule has 0 saturated carbocycles. The van der Waals surface area contributed by atoms with Gasteiger partial charge in [-0.1, -0.05) is 0 Å². The largest absolute Gasteiger partial charge is 0.254 e. The second-order valence-electron chi connectivity index (χ2n) is 2.98. The summed E-state index contributed by atoms with van der Waals surface area (Å²) >= 11 is 0. The molecule has 3 nitrogen and oxygen atoms in total. The van der Waals surface area contributed by atoms with Gasteiger partial charge >= 0.3 is 0 Å². The van der Waals surface area contributed by atoms with Crippen LogP contribution < -0.4 is 10.7 Å². The maximum absolute atomic E-state index is 4.48. The van der Waals surface area contributed by atoms with Gasteiger partial charge in [-0.15, -0.1) is 0 Å². The highest BCUT2D eigenvalue weighted by molar-refractivity contribution is 4.75. The zero-order chi connectivity index (χ0) is 6.81. The molecule has 1 atom stereocenters. The van der Waals surface area contributed by atoms with Gasteiger partial charge in [0.1, 0.15) is 0 Å². The fraction of sp³-hybridized carbons (Fsp3) is 1.00. The predicted molar refractivity (Wildman–Crippen MR) is 39.3 cm³/mol. The molecule has 2 saturated heterocycles. The van der Waals surface area contributed by atoms with E-state index in [1.807, 2.05) is 0 Å². The van der Waals surface area contributed by atoms with Crippen LogP contribution in [0.3, 0.4) is 0 Å². The summed E-state index contributed by atoms with van der Waals surface area (Å²) in [5.41, 5.74) is 3.34. The lowest BCUT2D eigenvalue weighted by Gasteiger charge is -2.21. The van der Waals surface area contributed by atoms with Crippen molar-refractivity contribution in [3.63, 3.8) is 0 Å². The van der Waals surface area contributed by atoms with Crippen molar-refractivity contribution in [2.45, 2.75) is 25.4 Å². The summed E-state index contributed by atoms with van der Waals surface area (Å²) in [5, 5.41) is 6.77. The van der Waals surface area contributed by atoms with Crippen LogP contribution >= 0.6 is 0 Å². The smallest absolute Gasteiger partial charge is 0.0892 e. The van der Waals surface area contributed by atoms with Gasteiger partial charge in [0, 0.05) is 19.6 Å². The van der Waals surface area contributed by atoms with Gasteiger partial charge in [-0.2, -0.15) is 0 Å². The summed E-state index contributed by atoms with van der Waals surface area (Å²) in [6.07, 6.45) is 4.32. The normalized spacial score (nSPS) is 35.4. The third-order valence-corrected chi connectivity index (χ3v) is 2.21. The molecule has 3 heteroatoms. The quantitative estimate of drug-likeness (QED) is 0.552. The van der Waals surface area contributed by atoms with Crippen LogP contribution in [-0.2, 0) is 0 Å². The Hall–Kier alpha value is -0.120. The Morgan fingerprint density at radius 1 is 1.40 bits per heavy atom. The highest BCUT2D eigenvalue weighted by Crippen LogP contribution is 2.12. The molecule has 0 spiro atoms. The van der Waals surface area contributed by atoms with Crippen molar-refractivity contribution >= 4 is 0 Å². The third kappa shape index (κ3) is 1.17. The molecule has 0 aromatic heterocycles. The Morgan fingerprint density at radius 3 is 3.00 bits per heavy atom. The number of nitrogens with zero attached hydrogens (tertiary/aromatic N) is 2. The Balaban J connectivity index is 1.85. The maximum Gasteiger partial charge on any atom is 0.0892 e. The van der Waals surface area contributed by atoms with E-state index in [0.29, 0.717) is 6.17 Å². The molecule has 1 N–H and O–H groups in total. The molecule has 1 unspecified atom stereocenters. The fourth-order valence-corrected chi connectivity index (χ4v) is 1.67. The van der Waals surface area contributed by atoms with Gasteiger partial charge in [0.05, 0.1) is 6.17 Å². The van der Waals surface area contributed by atoms with Crippen LogP contribution in [0.4, 0.5) is 0 Å². The highest BCUT2D eigenvalue weighted by atomic mass is 15.6. The SMILES string of the molecule is C1C[N]C(N2CCCN2)C1. The summed E-state index contributed by atoms with van der Waals surface area (Å²) in [6, 6.07) is 0. The first-order chi connectivity index (χ1) is 4.97. The van der Waals surface area contributed by atoms with Crippen molar-refractivity contribution in [3.05, 3.63) is 0 Å². The Kier molecular flexibility index (Phi) is 1.88. The molecule has 0 aliphatic carbocycles. The summed E-state index contributed by atoms with van der Waals surface area (Å²) in [7, 11) is 0. The number of nitrogens with one attached hydrogen (secondary N) is 1. The number of hydrogen-bond acceptors (Lipinski definition) is 2. The van der Waals surface area contributed by atoms with E-state index < -0.39 is 0 Å². The van der Waals surface area contributed by atoms with Gasteiger partial charge in [0.2, 0.25) is 0 Å². The van der Waals surface area contributed by atoms with Crippen LogP contribution in [0.1, 0.15) is 19.3 Å². The van der Waals surface area contributed by atoms with E-state index in [-0.39, 0.29) is 0 Å². The van der Waals surface area contributed by atoms with Gasteiger partial charge < -0.3 is 0 Å². The highest BCUT2D eigenvalue weighted by Gasteiger charge is 2.24. The van der Waals surface area contributed by atoms with Crippen LogP contribution in [0, 0.1) is 0 Å². The molecule has 57 valence electrons. The molecular formula is C7H14N3. The molecule has 2 aliphatic rings. The second-order valence-corrected chi connectivity index (χ2v) is 2.98. The Bertz CT molecular complexity index is 89.4. The Morgan fingerprint density at radius 2 is 2.40 bits per heavy atom. The van der Waals surface area contributed by atoms with Crippen molar-refractivity contribution in [3.8, 4) is 0 Å². The van der Waals surface area contributed by atoms with Gasteiger partial charge in [0.15, 0.2) is 0 Å². The van der Waals surface area contributed by atoms with Gasteiger partial charge in [-0.3, -0.25) is 5.43 Å². The first kappa shape index (κ1) is 6.58. The zero-order valence-corrected chi connectivity index (χ0v) is 6.21. The van der Waals surface area contributed by atoms with Crippen LogP contribution in [0.25, 0.3) is 0 Å². The van der Waals surface area contributed by atoms with Crippen molar-refractivity contribution in [2.75, 3.05) is 19.6 Å². The molecule has 2 rings (SSSR count). The first-order valence-corrected chi connectivity index (χ1v) is 4.13. The van der Waals surface area contributed by atoms with E-state index in [2.05, 4.69) is 15.8 Å². The second kappa shape index (κ2) is 2.86. The monoisotopic (exact) mass is 140 g/mol. The lowest BCUT2D eigenvalue weighted by Crippen LogP contribution is -2.43. The molecule has 0 amide bonds. The standard InChI is InChI=1S/C7H14N3/c1-3-7(8-4-1)10-6-2-5-9-10/h7,9H,1-6H2. The van der Waals surface area contributed by atoms with Crippen LogP contribution in [-0.4, -0.2) is 30.8 Å². The third-order valence-electron chi connectivity index (χ3n) is 2.21. The number of hydrazine groups is 1. The number of rotatable bonds is 1. The van der Waals surface area contributed by atoms with E-state index in [4.69, 9.17) is 0 Å². The number of hydrogen-bond donors (Lipinski definition) is 1. The van der Waals surface area contributed by atoms with E-state index in [1.165, 1.54) is 25.8 Å². The van der Waals surface area contributed by atoms with Crippen LogP contribution in [0.5, 0.6) is 0 Å². The van der Waals surface area contributed by atoms with E-state index in [1.54, 1.807) is 0 Å². The predicted octanol–water partition coefficient (Wildman–Crippen LogP) is -0.0790. The van der Waals surface area contributed by atoms with Crippen molar-refractivity contribution in [1.29, 1.82) is 0 Å². The summed E-state index contributed by atoms with van der Waals surface area (Å²) < 4.78 is 0. The lowest BCUT2D eigenvalue weighted by atomic mass is 10.3. The van der Waals surface area contributed by atoms with Crippen molar-refractivity contribution < 1.29 is 0 Å². The molecule has 2 aliphatic heterocycles. The Labute approximate surface area is 61.7 Å². The summed E-state index contributed by atoms with van der Waals surface area (Å²) in [4.78, 5) is 0. The van der Waals surface area contributed by atoms with Gasteiger partial charge in [-0.25, -0.2) is 10.3 Å². The van der Waals surface area contributed by atoms with Crippen LogP contribution in [0.2, 0.25) is 0 Å². The maximum atomic E-state index is 4.48. The molecule has 10 heavy (non-hydrogen) atoms. The average Bonchev–Trinajstić information content (AvgIpc) is 2.59. The minimum Gasteiger partial charge on any atom is -0.254 e. The fourth-order valence-electron chi connectivity index (χ4n) is 1.67. The topological polar surface area (TPSA) is 29.4 Å². The first-order valence-electron chi connectivity index (χ1n) is 4.13. The zero-order valence-electron chi connectivity index (χ0n) is 6.21. The van der Waals surface area contributed by atoms with E-state index >= 15 is 0 Å². The van der Waals surface area contributed by atoms with Crippen LogP contribution in [0.15, 0.2) is 0 Å². The van der Waals surface area contributed by atoms with Gasteiger partial charge in [-0.05, 0) is 19.3 Å². The lowest BCUT2D eigenvalue weighted by molar-refractivity contribution is 0.158. The molecular weight excluding hydrogens is 126 g/mol. The van der Waals surface area contributed by atoms with Gasteiger partial charge in [0.25, 0.3) is 0 Å². The summed E-state index contributed by atoms with van der Waals surface area (Å²) in [6.45, 7) is 3.41. The molecule has 1 radical (unpaired) electrons. The molecule has 0 aromatic carbocycles. The van der Waals surface area contributed by atoms with E-state index in [0.717, 1.165) is 13.1 Å². The molecule has 0 bridgehead atoms. The van der Waals surface area contributed by atoms with E-state index in [9.17, 15) is 0 Å². The minimum atomic E-state index is 0.502. The minimum absolute atomic E-state index is 0.502. The summed E-state index contributed by atoms with van der Waals surface area (Å²) in [5.74, 6) is 0.